The summed E-state index contributed by atoms with van der Waals surface area (Å²) in [7, 11) is -5.80. The number of likely N-dealkylation sites (tertiary alicyclic amines) is 1. The fourth-order valence-electron chi connectivity index (χ4n) is 3.63. The Bertz CT molecular complexity index is 932. The van der Waals surface area contributed by atoms with Crippen molar-refractivity contribution in [3.05, 3.63) is 29.8 Å². The number of hydrogen-bond donors (Lipinski definition) is 0. The Balaban J connectivity index is 2.02. The largest absolute Gasteiger partial charge is 0.444 e. The Morgan fingerprint density at radius 3 is 2.21 bits per heavy atom. The van der Waals surface area contributed by atoms with E-state index in [1.807, 2.05) is 27.7 Å². The maximum Gasteiger partial charge on any atom is 0.410 e. The standard InChI is InChI=1S/C25H43NO6SSi/c1-19-12-14-22(15-13-19)33(28,29)30-16-10-11-20-17-21(32-34(8,9)25(5,6)7)18-26(20)23(27)31-24(2,3)4/h12-15,20-21H,10-11,16-18H2,1-9H3/t20-,21-/m1/s1. The highest BCUT2D eigenvalue weighted by atomic mass is 32.2. The number of benzene rings is 1. The summed E-state index contributed by atoms with van der Waals surface area (Å²) in [4.78, 5) is 14.8. The highest BCUT2D eigenvalue weighted by Crippen LogP contribution is 2.39. The molecule has 1 fully saturated rings. The van der Waals surface area contributed by atoms with Crippen LogP contribution in [0.1, 0.15) is 66.4 Å². The minimum Gasteiger partial charge on any atom is -0.444 e. The quantitative estimate of drug-likeness (QED) is 0.245. The van der Waals surface area contributed by atoms with Crippen LogP contribution in [-0.4, -0.2) is 58.6 Å². The lowest BCUT2D eigenvalue weighted by Crippen LogP contribution is -2.45. The number of amides is 1. The number of hydrogen-bond acceptors (Lipinski definition) is 6. The van der Waals surface area contributed by atoms with Crippen LogP contribution >= 0.6 is 0 Å². The van der Waals surface area contributed by atoms with E-state index in [-0.39, 0.29) is 34.8 Å². The monoisotopic (exact) mass is 513 g/mol. The van der Waals surface area contributed by atoms with Gasteiger partial charge in [-0.2, -0.15) is 8.42 Å². The Kier molecular flexibility index (Phi) is 9.05. The zero-order valence-electron chi connectivity index (χ0n) is 22.3. The number of rotatable bonds is 8. The summed E-state index contributed by atoms with van der Waals surface area (Å²) < 4.78 is 42.4. The Labute approximate surface area is 207 Å². The topological polar surface area (TPSA) is 82.1 Å². The molecule has 1 aliphatic rings. The van der Waals surface area contributed by atoms with E-state index in [4.69, 9.17) is 13.3 Å². The molecular formula is C25H43NO6SSi. The predicted octanol–water partition coefficient (Wildman–Crippen LogP) is 5.88. The minimum atomic E-state index is -3.80. The van der Waals surface area contributed by atoms with Gasteiger partial charge >= 0.3 is 6.09 Å². The molecule has 2 atom stereocenters. The molecule has 0 bridgehead atoms. The van der Waals surface area contributed by atoms with Crippen LogP contribution in [0.5, 0.6) is 0 Å². The third kappa shape index (κ3) is 8.07. The van der Waals surface area contributed by atoms with Crippen molar-refractivity contribution in [1.82, 2.24) is 4.90 Å². The first kappa shape index (κ1) is 28.8. The second-order valence-corrected chi connectivity index (χ2v) is 18.1. The lowest BCUT2D eigenvalue weighted by Gasteiger charge is -2.38. The third-order valence-electron chi connectivity index (χ3n) is 6.50. The van der Waals surface area contributed by atoms with E-state index in [0.29, 0.717) is 25.8 Å². The van der Waals surface area contributed by atoms with Crippen LogP contribution in [0.3, 0.4) is 0 Å². The number of carbonyl (C=O) groups is 1. The smallest absolute Gasteiger partial charge is 0.410 e. The van der Waals surface area contributed by atoms with Crippen molar-refractivity contribution in [2.45, 2.75) is 109 Å². The molecule has 194 valence electrons. The molecule has 2 rings (SSSR count). The average Bonchev–Trinajstić information content (AvgIpc) is 3.05. The molecule has 7 nitrogen and oxygen atoms in total. The van der Waals surface area contributed by atoms with Gasteiger partial charge < -0.3 is 14.1 Å². The summed E-state index contributed by atoms with van der Waals surface area (Å²) in [6.45, 7) is 19.0. The van der Waals surface area contributed by atoms with Gasteiger partial charge in [-0.15, -0.1) is 0 Å². The molecule has 1 saturated heterocycles. The van der Waals surface area contributed by atoms with Crippen molar-refractivity contribution < 1.29 is 26.6 Å². The molecule has 0 radical (unpaired) electrons. The normalized spacial score (nSPS) is 20.0. The Morgan fingerprint density at radius 2 is 1.68 bits per heavy atom. The maximum atomic E-state index is 12.9. The summed E-state index contributed by atoms with van der Waals surface area (Å²) in [6, 6.07) is 6.50. The van der Waals surface area contributed by atoms with Gasteiger partial charge in [0.15, 0.2) is 8.32 Å². The fourth-order valence-corrected chi connectivity index (χ4v) is 5.93. The molecular weight excluding hydrogens is 470 g/mol. The van der Waals surface area contributed by atoms with Crippen LogP contribution in [0.25, 0.3) is 0 Å². The molecule has 1 aromatic rings. The van der Waals surface area contributed by atoms with E-state index in [1.54, 1.807) is 29.2 Å². The van der Waals surface area contributed by atoms with E-state index >= 15 is 0 Å². The van der Waals surface area contributed by atoms with E-state index in [1.165, 1.54) is 0 Å². The molecule has 0 aromatic heterocycles. The zero-order valence-corrected chi connectivity index (χ0v) is 24.1. The molecule has 9 heteroatoms. The first-order chi connectivity index (χ1) is 15.4. The second kappa shape index (κ2) is 10.7. The molecule has 0 N–H and O–H groups in total. The van der Waals surface area contributed by atoms with Crippen LogP contribution in [0.2, 0.25) is 18.1 Å². The molecule has 1 aromatic carbocycles. The molecule has 0 saturated carbocycles. The summed E-state index contributed by atoms with van der Waals surface area (Å²) >= 11 is 0. The summed E-state index contributed by atoms with van der Waals surface area (Å²) in [5.74, 6) is 0. The number of aryl methyl sites for hydroxylation is 1. The summed E-state index contributed by atoms with van der Waals surface area (Å²) in [5.41, 5.74) is 0.391. The molecule has 1 aliphatic heterocycles. The third-order valence-corrected chi connectivity index (χ3v) is 12.4. The molecule has 0 aliphatic carbocycles. The maximum absolute atomic E-state index is 12.9. The molecule has 1 heterocycles. The molecule has 1 amide bonds. The average molecular weight is 514 g/mol. The van der Waals surface area contributed by atoms with Crippen LogP contribution < -0.4 is 0 Å². The van der Waals surface area contributed by atoms with Gasteiger partial charge in [0.2, 0.25) is 0 Å². The number of nitrogens with zero attached hydrogens (tertiary/aromatic N) is 1. The molecule has 0 spiro atoms. The number of ether oxygens (including phenoxy) is 1. The SMILES string of the molecule is Cc1ccc(S(=O)(=O)OCCC[C@@H]2C[C@@H](O[Si](C)(C)C(C)(C)C)CN2C(=O)OC(C)(C)C)cc1. The highest BCUT2D eigenvalue weighted by Gasteiger charge is 2.44. The van der Waals surface area contributed by atoms with Crippen LogP contribution in [0.4, 0.5) is 4.79 Å². The van der Waals surface area contributed by atoms with Gasteiger partial charge in [-0.25, -0.2) is 4.79 Å². The van der Waals surface area contributed by atoms with Gasteiger partial charge in [0.1, 0.15) is 5.60 Å². The van der Waals surface area contributed by atoms with Crippen molar-refractivity contribution in [3.63, 3.8) is 0 Å². The molecule has 0 unspecified atom stereocenters. The second-order valence-electron chi connectivity index (χ2n) is 11.8. The van der Waals surface area contributed by atoms with Crippen molar-refractivity contribution in [2.24, 2.45) is 0 Å². The zero-order chi connectivity index (χ0) is 25.9. The Hall–Kier alpha value is -1.42. The fraction of sp³-hybridized carbons (Fsp3) is 0.720. The van der Waals surface area contributed by atoms with Crippen molar-refractivity contribution in [3.8, 4) is 0 Å². The van der Waals surface area contributed by atoms with Crippen LogP contribution in [0, 0.1) is 6.92 Å². The number of carbonyl (C=O) groups excluding carboxylic acids is 1. The lowest BCUT2D eigenvalue weighted by atomic mass is 10.1. The van der Waals surface area contributed by atoms with Gasteiger partial charge in [-0.05, 0) is 77.2 Å². The van der Waals surface area contributed by atoms with Crippen molar-refractivity contribution >= 4 is 24.5 Å². The Morgan fingerprint density at radius 1 is 1.09 bits per heavy atom. The van der Waals surface area contributed by atoms with Gasteiger partial charge in [-0.3, -0.25) is 4.18 Å². The van der Waals surface area contributed by atoms with Gasteiger partial charge in [0.25, 0.3) is 10.1 Å². The van der Waals surface area contributed by atoms with Crippen LogP contribution in [0.15, 0.2) is 29.2 Å². The van der Waals surface area contributed by atoms with Gasteiger partial charge in [-0.1, -0.05) is 38.5 Å². The van der Waals surface area contributed by atoms with Gasteiger partial charge in [0, 0.05) is 12.6 Å². The predicted molar refractivity (Wildman–Crippen MR) is 137 cm³/mol. The molecule has 34 heavy (non-hydrogen) atoms. The van der Waals surface area contributed by atoms with Crippen LogP contribution in [-0.2, 0) is 23.5 Å². The van der Waals surface area contributed by atoms with E-state index in [2.05, 4.69) is 33.9 Å². The van der Waals surface area contributed by atoms with Gasteiger partial charge in [0.05, 0.1) is 17.6 Å². The van der Waals surface area contributed by atoms with E-state index < -0.39 is 24.0 Å². The first-order valence-corrected chi connectivity index (χ1v) is 16.4. The lowest BCUT2D eigenvalue weighted by molar-refractivity contribution is 0.0201. The summed E-state index contributed by atoms with van der Waals surface area (Å²) in [5, 5.41) is 0.0695. The highest BCUT2D eigenvalue weighted by molar-refractivity contribution is 7.86. The minimum absolute atomic E-state index is 0.0582. The van der Waals surface area contributed by atoms with E-state index in [9.17, 15) is 13.2 Å². The van der Waals surface area contributed by atoms with Crippen molar-refractivity contribution in [2.75, 3.05) is 13.2 Å². The van der Waals surface area contributed by atoms with E-state index in [0.717, 1.165) is 5.56 Å². The first-order valence-electron chi connectivity index (χ1n) is 12.0. The van der Waals surface area contributed by atoms with Crippen molar-refractivity contribution in [1.29, 1.82) is 0 Å². The summed E-state index contributed by atoms with van der Waals surface area (Å²) in [6.07, 6.45) is 1.40.